The number of ether oxygens (including phenoxy) is 36. The van der Waals surface area contributed by atoms with Gasteiger partial charge in [-0.25, -0.2) is 20.0 Å². The Bertz CT molecular complexity index is 4480. The van der Waals surface area contributed by atoms with Gasteiger partial charge in [0.1, 0.15) is 71.6 Å². The van der Waals surface area contributed by atoms with Gasteiger partial charge in [-0.1, -0.05) is 72.8 Å². The number of hydrogen-bond acceptors (Lipinski definition) is 40. The van der Waals surface area contributed by atoms with Crippen molar-refractivity contribution in [2.45, 2.75) is 0 Å². The summed E-state index contributed by atoms with van der Waals surface area (Å²) in [5.41, 5.74) is 1.74. The molecular formula is C100H156N8O36. The lowest BCUT2D eigenvalue weighted by atomic mass is 10.1. The fourth-order valence-electron chi connectivity index (χ4n) is 13.5. The highest BCUT2D eigenvalue weighted by molar-refractivity contribution is 6.02. The fourth-order valence-corrected chi connectivity index (χ4v) is 13.5. The van der Waals surface area contributed by atoms with Gasteiger partial charge in [-0.3, -0.25) is 0 Å². The molecule has 4 aromatic heterocycles. The number of benzene rings is 4. The standard InChI is InChI=1S/C100H156N8O36/c1-109-17-21-113-25-29-117-33-37-121-41-45-125-49-53-129-57-61-133-65-69-137-73-77-141-89-87-88(100-107-98-86-16-10-8-14-84(86)96(105-98)103-94-82-12-6-5-11-81(82)93(101-94)102-95-83-13-7-9-15-85(83)97(104-95)106-99(87)108-100)90(142-78-74-138-70-66-134-62-58-130-54-50-126-46-42-122-38-34-118-30-26-114-22-18-110-2)92(144-80-76-140-72-68-136-64-60-132-56-52-128-48-44-124-40-36-120-32-28-116-24-20-112-4)91(89)143-79-75-139-71-67-135-63-59-131-55-51-127-47-43-123-39-35-119-31-27-115-23-19-111-3/h5-16H,17-80H2,1-4H3,(H4,101,102,103,104,105,106,107,108). The average molecular weight is 2050 g/mol. The molecule has 0 spiro atoms. The third-order valence-corrected chi connectivity index (χ3v) is 20.5. The largest absolute Gasteiger partial charge is 0.486 e. The molecule has 0 aliphatic carbocycles. The van der Waals surface area contributed by atoms with Gasteiger partial charge in [0.2, 0.25) is 11.5 Å². The number of nitrogens with zero attached hydrogens (tertiary/aromatic N) is 4. The molecule has 1 aliphatic rings. The van der Waals surface area contributed by atoms with Crippen LogP contribution in [0.4, 0.5) is 23.3 Å². The van der Waals surface area contributed by atoms with Crippen LogP contribution in [0.2, 0.25) is 0 Å². The van der Waals surface area contributed by atoms with Crippen LogP contribution in [0, 0.1) is 0 Å². The van der Waals surface area contributed by atoms with E-state index in [1.54, 1.807) is 28.4 Å². The number of nitrogens with one attached hydrogen (secondary N) is 4. The van der Waals surface area contributed by atoms with Gasteiger partial charge in [-0.05, 0) is 0 Å². The summed E-state index contributed by atoms with van der Waals surface area (Å²) in [5.74, 6) is 2.64. The van der Waals surface area contributed by atoms with Gasteiger partial charge in [-0.15, -0.1) is 0 Å². The molecule has 8 aromatic rings. The van der Waals surface area contributed by atoms with Gasteiger partial charge in [-0.2, -0.15) is 0 Å². The number of fused-ring (bicyclic) bond motifs is 20. The highest BCUT2D eigenvalue weighted by Gasteiger charge is 2.31. The summed E-state index contributed by atoms with van der Waals surface area (Å²) >= 11 is 0. The summed E-state index contributed by atoms with van der Waals surface area (Å²) in [5, 5.41) is 5.60. The Balaban J connectivity index is 0.925. The second kappa shape index (κ2) is 82.1. The van der Waals surface area contributed by atoms with Crippen LogP contribution in [0.15, 0.2) is 92.8 Å². The number of aromatic amines is 4. The Morgan fingerprint density at radius 2 is 0.278 bits per heavy atom. The lowest BCUT2D eigenvalue weighted by Gasteiger charge is -2.22. The van der Waals surface area contributed by atoms with E-state index in [1.807, 2.05) is 72.8 Å². The minimum atomic E-state index is -0.0311. The van der Waals surface area contributed by atoms with Gasteiger partial charge in [0.05, 0.1) is 407 Å². The second-order valence-corrected chi connectivity index (χ2v) is 31.0. The van der Waals surface area contributed by atoms with Gasteiger partial charge < -0.3 is 190 Å². The summed E-state index contributed by atoms with van der Waals surface area (Å²) in [6.45, 7) is 23.4. The van der Waals surface area contributed by atoms with Crippen LogP contribution in [0.5, 0.6) is 23.0 Å². The molecule has 812 valence electrons. The first-order valence-electron chi connectivity index (χ1n) is 49.7. The first-order chi connectivity index (χ1) is 71.6. The van der Waals surface area contributed by atoms with Crippen LogP contribution >= 0.6 is 0 Å². The van der Waals surface area contributed by atoms with Crippen molar-refractivity contribution < 1.29 is 171 Å². The zero-order valence-electron chi connectivity index (χ0n) is 84.7. The zero-order chi connectivity index (χ0) is 100. The summed E-state index contributed by atoms with van der Waals surface area (Å²) in [6.07, 6.45) is 0. The summed E-state index contributed by atoms with van der Waals surface area (Å²) in [7, 11) is 6.55. The van der Waals surface area contributed by atoms with Crippen molar-refractivity contribution in [1.82, 2.24) is 19.9 Å². The van der Waals surface area contributed by atoms with E-state index in [1.165, 1.54) is 0 Å². The molecule has 0 radical (unpaired) electrons. The number of hydrogen-bond donors (Lipinski definition) is 4. The van der Waals surface area contributed by atoms with Crippen LogP contribution in [0.25, 0.3) is 43.1 Å². The quantitative estimate of drug-likeness (QED) is 0.0304. The van der Waals surface area contributed by atoms with Crippen molar-refractivity contribution in [1.29, 1.82) is 0 Å². The first-order valence-corrected chi connectivity index (χ1v) is 49.7. The molecule has 4 N–H and O–H groups in total. The molecule has 0 atom stereocenters. The Labute approximate surface area is 842 Å². The van der Waals surface area contributed by atoms with Gasteiger partial charge in [0.15, 0.2) is 11.5 Å². The van der Waals surface area contributed by atoms with E-state index < -0.39 is 0 Å². The topological polar surface area (TPSA) is 445 Å². The predicted octanol–water partition coefficient (Wildman–Crippen LogP) is 6.30. The van der Waals surface area contributed by atoms with Gasteiger partial charge in [0, 0.05) is 60.8 Å². The molecule has 9 rings (SSSR count). The van der Waals surface area contributed by atoms with Crippen molar-refractivity contribution in [3.63, 3.8) is 0 Å². The van der Waals surface area contributed by atoms with Crippen LogP contribution in [-0.4, -0.2) is 471 Å². The van der Waals surface area contributed by atoms with Crippen molar-refractivity contribution in [2.24, 2.45) is 20.0 Å². The molecule has 144 heavy (non-hydrogen) atoms. The predicted molar refractivity (Wildman–Crippen MR) is 529 cm³/mol. The normalized spacial score (nSPS) is 12.1. The van der Waals surface area contributed by atoms with Crippen LogP contribution < -0.4 is 40.9 Å². The van der Waals surface area contributed by atoms with Crippen molar-refractivity contribution in [3.8, 4) is 23.0 Å². The van der Waals surface area contributed by atoms with E-state index in [0.717, 1.165) is 32.3 Å². The summed E-state index contributed by atoms with van der Waals surface area (Å²) < 4.78 is 209. The number of H-pyrrole nitrogens is 4. The SMILES string of the molecule is COCCOCCOCCOCCOCCOCCOCCOCCOc1c(OCCOCCOCCOCCOCCOCCOCCOCCOC)c(OCCOCCOCCOCCOCCOCCOCCOCCOC)c2c3[nH]c(c2c1OCCOCCOCCOCCOCCOCCOCCOCCOC)=Nc1[nH]c(c2ccccc12)N=c1[nH]c(c2ccccc12)=Nc1[nH]c(c2ccccc12)N=3. The molecule has 8 bridgehead atoms. The van der Waals surface area contributed by atoms with Crippen molar-refractivity contribution in [3.05, 3.63) is 94.7 Å². The third-order valence-electron chi connectivity index (χ3n) is 20.5. The maximum Gasteiger partial charge on any atom is 0.208 e. The van der Waals surface area contributed by atoms with E-state index in [2.05, 4.69) is 19.9 Å². The van der Waals surface area contributed by atoms with E-state index >= 15 is 0 Å². The minimum Gasteiger partial charge on any atom is -0.486 e. The molecular weight excluding hydrogens is 1890 g/mol. The highest BCUT2D eigenvalue weighted by atomic mass is 16.6. The molecule has 5 heterocycles. The highest BCUT2D eigenvalue weighted by Crippen LogP contribution is 2.50. The van der Waals surface area contributed by atoms with Gasteiger partial charge in [0.25, 0.3) is 0 Å². The summed E-state index contributed by atoms with van der Waals surface area (Å²) in [4.78, 5) is 36.2. The maximum absolute atomic E-state index is 7.14. The molecule has 1 aliphatic heterocycles. The molecule has 44 heteroatoms. The molecule has 0 saturated heterocycles. The molecule has 0 unspecified atom stereocenters. The number of rotatable bonds is 100. The fraction of sp³-hybridized carbons (Fsp3) is 0.680. The van der Waals surface area contributed by atoms with Gasteiger partial charge >= 0.3 is 0 Å². The molecule has 0 amide bonds. The lowest BCUT2D eigenvalue weighted by molar-refractivity contribution is -0.0231. The Hall–Kier alpha value is -7.84. The number of methoxy groups -OCH3 is 4. The third kappa shape index (κ3) is 50.4. The van der Waals surface area contributed by atoms with Crippen LogP contribution in [0.1, 0.15) is 0 Å². The molecule has 0 saturated carbocycles. The second-order valence-electron chi connectivity index (χ2n) is 31.0. The number of aromatic nitrogens is 4. The summed E-state index contributed by atoms with van der Waals surface area (Å²) in [6, 6.07) is 23.8. The maximum atomic E-state index is 7.14. The molecule has 0 fully saturated rings. The molecule has 4 aromatic carbocycles. The lowest BCUT2D eigenvalue weighted by Crippen LogP contribution is -2.18. The van der Waals surface area contributed by atoms with Crippen molar-refractivity contribution in [2.75, 3.05) is 451 Å². The average Bonchev–Trinajstić information content (AvgIpc) is 1.57. The van der Waals surface area contributed by atoms with Crippen LogP contribution in [0.3, 0.4) is 0 Å². The first kappa shape index (κ1) is 120. The minimum absolute atomic E-state index is 0.0220. The Kier molecular flexibility index (Phi) is 68.2. The Morgan fingerprint density at radius 1 is 0.146 bits per heavy atom. The zero-order valence-corrected chi connectivity index (χ0v) is 84.7. The van der Waals surface area contributed by atoms with E-state index in [0.29, 0.717) is 362 Å². The molecule has 44 nitrogen and oxygen atoms in total. The Morgan fingerprint density at radius 3 is 0.444 bits per heavy atom. The van der Waals surface area contributed by atoms with E-state index in [-0.39, 0.29) is 140 Å². The van der Waals surface area contributed by atoms with E-state index in [4.69, 9.17) is 190 Å². The monoisotopic (exact) mass is 2050 g/mol. The van der Waals surface area contributed by atoms with Crippen molar-refractivity contribution >= 4 is 66.4 Å². The van der Waals surface area contributed by atoms with Crippen LogP contribution in [-0.2, 0) is 152 Å². The smallest absolute Gasteiger partial charge is 0.208 e. The van der Waals surface area contributed by atoms with E-state index in [9.17, 15) is 0 Å².